The largest absolute Gasteiger partial charge is 0.467 e. The minimum absolute atomic E-state index is 0.351. The Morgan fingerprint density at radius 2 is 2.24 bits per heavy atom. The van der Waals surface area contributed by atoms with Gasteiger partial charge in [-0.05, 0) is 37.9 Å². The maximum Gasteiger partial charge on any atom is 0.132 e. The van der Waals surface area contributed by atoms with Gasteiger partial charge in [0.15, 0.2) is 0 Å². The quantitative estimate of drug-likeness (QED) is 0.916. The SMILES string of the molecule is O[C@@H](C[C@@H]1CCCCCN1Cc1ccon1)c1ccco1. The van der Waals surface area contributed by atoms with Crippen LogP contribution in [-0.2, 0) is 6.54 Å². The van der Waals surface area contributed by atoms with Crippen molar-refractivity contribution in [3.05, 3.63) is 42.2 Å². The van der Waals surface area contributed by atoms with Gasteiger partial charge in [-0.3, -0.25) is 4.90 Å². The molecule has 1 N–H and O–H groups in total. The minimum Gasteiger partial charge on any atom is -0.467 e. The van der Waals surface area contributed by atoms with Gasteiger partial charge in [0.1, 0.15) is 18.1 Å². The molecule has 21 heavy (non-hydrogen) atoms. The average Bonchev–Trinajstić information content (AvgIpc) is 3.14. The lowest BCUT2D eigenvalue weighted by molar-refractivity contribution is 0.0820. The van der Waals surface area contributed by atoms with E-state index in [1.807, 2.05) is 18.2 Å². The smallest absolute Gasteiger partial charge is 0.132 e. The summed E-state index contributed by atoms with van der Waals surface area (Å²) in [6, 6.07) is 5.91. The van der Waals surface area contributed by atoms with E-state index in [1.54, 1.807) is 12.5 Å². The van der Waals surface area contributed by atoms with E-state index < -0.39 is 6.10 Å². The van der Waals surface area contributed by atoms with Crippen LogP contribution in [0.25, 0.3) is 0 Å². The average molecular weight is 290 g/mol. The Kier molecular flexibility index (Phi) is 4.72. The Hall–Kier alpha value is -1.59. The lowest BCUT2D eigenvalue weighted by atomic mass is 10.0. The third-order valence-electron chi connectivity index (χ3n) is 4.22. The van der Waals surface area contributed by atoms with Gasteiger partial charge >= 0.3 is 0 Å². The molecule has 0 aliphatic carbocycles. The molecule has 0 amide bonds. The Labute approximate surface area is 124 Å². The summed E-state index contributed by atoms with van der Waals surface area (Å²) in [5.41, 5.74) is 0.953. The summed E-state index contributed by atoms with van der Waals surface area (Å²) >= 11 is 0. The van der Waals surface area contributed by atoms with E-state index in [9.17, 15) is 5.11 Å². The van der Waals surface area contributed by atoms with Crippen molar-refractivity contribution in [3.8, 4) is 0 Å². The highest BCUT2D eigenvalue weighted by Gasteiger charge is 2.25. The fourth-order valence-corrected chi connectivity index (χ4v) is 3.09. The van der Waals surface area contributed by atoms with Crippen LogP contribution >= 0.6 is 0 Å². The van der Waals surface area contributed by atoms with Gasteiger partial charge in [-0.1, -0.05) is 18.0 Å². The van der Waals surface area contributed by atoms with Crippen molar-refractivity contribution in [1.82, 2.24) is 10.1 Å². The maximum atomic E-state index is 10.3. The van der Waals surface area contributed by atoms with Gasteiger partial charge in [-0.2, -0.15) is 0 Å². The second-order valence-corrected chi connectivity index (χ2v) is 5.73. The molecule has 1 aliphatic heterocycles. The van der Waals surface area contributed by atoms with Crippen LogP contribution in [0.1, 0.15) is 49.7 Å². The van der Waals surface area contributed by atoms with Gasteiger partial charge in [0.05, 0.1) is 12.0 Å². The minimum atomic E-state index is -0.539. The van der Waals surface area contributed by atoms with Crippen LogP contribution in [0.4, 0.5) is 0 Å². The first-order valence-electron chi connectivity index (χ1n) is 7.67. The van der Waals surface area contributed by atoms with Gasteiger partial charge in [-0.15, -0.1) is 0 Å². The number of aliphatic hydroxyl groups excluding tert-OH is 1. The molecular weight excluding hydrogens is 268 g/mol. The topological polar surface area (TPSA) is 62.6 Å². The summed E-state index contributed by atoms with van der Waals surface area (Å²) < 4.78 is 10.2. The Morgan fingerprint density at radius 1 is 1.29 bits per heavy atom. The summed E-state index contributed by atoms with van der Waals surface area (Å²) in [5, 5.41) is 14.3. The Balaban J connectivity index is 1.66. The van der Waals surface area contributed by atoms with E-state index in [1.165, 1.54) is 19.3 Å². The number of aromatic nitrogens is 1. The molecule has 5 nitrogen and oxygen atoms in total. The highest BCUT2D eigenvalue weighted by molar-refractivity contribution is 5.03. The summed E-state index contributed by atoms with van der Waals surface area (Å²) in [7, 11) is 0. The lowest BCUT2D eigenvalue weighted by Crippen LogP contribution is -2.35. The van der Waals surface area contributed by atoms with Crippen molar-refractivity contribution >= 4 is 0 Å². The molecule has 2 aromatic rings. The third-order valence-corrected chi connectivity index (χ3v) is 4.22. The van der Waals surface area contributed by atoms with Crippen molar-refractivity contribution in [3.63, 3.8) is 0 Å². The van der Waals surface area contributed by atoms with Crippen LogP contribution in [0.15, 0.2) is 39.7 Å². The summed E-state index contributed by atoms with van der Waals surface area (Å²) in [6.07, 6.45) is 8.15. The van der Waals surface area contributed by atoms with Crippen molar-refractivity contribution in [2.24, 2.45) is 0 Å². The molecule has 2 aromatic heterocycles. The van der Waals surface area contributed by atoms with Crippen LogP contribution in [0.3, 0.4) is 0 Å². The zero-order chi connectivity index (χ0) is 14.5. The van der Waals surface area contributed by atoms with Gasteiger partial charge < -0.3 is 14.0 Å². The number of furan rings is 1. The summed E-state index contributed by atoms with van der Waals surface area (Å²) in [6.45, 7) is 1.83. The number of aliphatic hydroxyl groups is 1. The second-order valence-electron chi connectivity index (χ2n) is 5.73. The molecule has 0 saturated carbocycles. The van der Waals surface area contributed by atoms with Gasteiger partial charge in [-0.25, -0.2) is 0 Å². The number of hydrogen-bond donors (Lipinski definition) is 1. The number of rotatable bonds is 5. The van der Waals surface area contributed by atoms with Crippen LogP contribution in [0, 0.1) is 0 Å². The normalized spacial score (nSPS) is 22.0. The number of hydrogen-bond acceptors (Lipinski definition) is 5. The molecule has 1 saturated heterocycles. The molecule has 3 heterocycles. The lowest BCUT2D eigenvalue weighted by Gasteiger charge is -2.30. The van der Waals surface area contributed by atoms with E-state index in [0.717, 1.165) is 25.2 Å². The first-order valence-corrected chi connectivity index (χ1v) is 7.67. The molecule has 3 rings (SSSR count). The van der Waals surface area contributed by atoms with Crippen LogP contribution in [0.5, 0.6) is 0 Å². The molecule has 0 aromatic carbocycles. The fourth-order valence-electron chi connectivity index (χ4n) is 3.09. The third kappa shape index (κ3) is 3.74. The molecular formula is C16H22N2O3. The molecule has 5 heteroatoms. The van der Waals surface area contributed by atoms with E-state index in [4.69, 9.17) is 8.94 Å². The molecule has 1 aliphatic rings. The fraction of sp³-hybridized carbons (Fsp3) is 0.562. The van der Waals surface area contributed by atoms with Crippen molar-refractivity contribution in [1.29, 1.82) is 0 Å². The first kappa shape index (κ1) is 14.4. The monoisotopic (exact) mass is 290 g/mol. The number of nitrogens with zero attached hydrogens (tertiary/aromatic N) is 2. The highest BCUT2D eigenvalue weighted by Crippen LogP contribution is 2.27. The van der Waals surface area contributed by atoms with Crippen LogP contribution in [0.2, 0.25) is 0 Å². The van der Waals surface area contributed by atoms with Gasteiger partial charge in [0, 0.05) is 18.7 Å². The molecule has 2 atom stereocenters. The molecule has 0 unspecified atom stereocenters. The van der Waals surface area contributed by atoms with Crippen molar-refractivity contribution < 1.29 is 14.0 Å². The number of likely N-dealkylation sites (tertiary alicyclic amines) is 1. The summed E-state index contributed by atoms with van der Waals surface area (Å²) in [4.78, 5) is 2.41. The molecule has 1 fully saturated rings. The molecule has 0 spiro atoms. The molecule has 0 radical (unpaired) electrons. The van der Waals surface area contributed by atoms with Crippen LogP contribution in [-0.4, -0.2) is 27.7 Å². The first-order chi connectivity index (χ1) is 10.3. The molecule has 0 bridgehead atoms. The predicted molar refractivity (Wildman–Crippen MR) is 77.5 cm³/mol. The van der Waals surface area contributed by atoms with E-state index in [2.05, 4.69) is 10.1 Å². The summed E-state index contributed by atoms with van der Waals surface area (Å²) in [5.74, 6) is 0.653. The predicted octanol–water partition coefficient (Wildman–Crippen LogP) is 3.14. The van der Waals surface area contributed by atoms with E-state index in [0.29, 0.717) is 18.2 Å². The van der Waals surface area contributed by atoms with Gasteiger partial charge in [0.25, 0.3) is 0 Å². The van der Waals surface area contributed by atoms with Gasteiger partial charge in [0.2, 0.25) is 0 Å². The maximum absolute atomic E-state index is 10.3. The van der Waals surface area contributed by atoms with Crippen molar-refractivity contribution in [2.75, 3.05) is 6.54 Å². The second kappa shape index (κ2) is 6.91. The van der Waals surface area contributed by atoms with Crippen molar-refractivity contribution in [2.45, 2.75) is 50.8 Å². The Bertz CT molecular complexity index is 510. The zero-order valence-corrected chi connectivity index (χ0v) is 12.1. The molecule has 114 valence electrons. The van der Waals surface area contributed by atoms with Crippen LogP contribution < -0.4 is 0 Å². The highest BCUT2D eigenvalue weighted by atomic mass is 16.5. The standard InChI is InChI=1S/C16H22N2O3/c19-15(16-6-4-9-20-16)11-14-5-2-1-3-8-18(14)12-13-7-10-21-17-13/h4,6-7,9-10,14-15,19H,1-3,5,8,11-12H2/t14-,15-/m0/s1. The zero-order valence-electron chi connectivity index (χ0n) is 12.1. The van der Waals surface area contributed by atoms with E-state index >= 15 is 0 Å². The van der Waals surface area contributed by atoms with E-state index in [-0.39, 0.29) is 0 Å². The Morgan fingerprint density at radius 3 is 3.00 bits per heavy atom.